The fourth-order valence-corrected chi connectivity index (χ4v) is 4.00. The molecule has 9 nitrogen and oxygen atoms in total. The van der Waals surface area contributed by atoms with Gasteiger partial charge in [0.2, 0.25) is 0 Å². The molecule has 4 heterocycles. The Balaban J connectivity index is 1.32. The van der Waals surface area contributed by atoms with Gasteiger partial charge in [0.05, 0.1) is 31.3 Å². The van der Waals surface area contributed by atoms with E-state index in [2.05, 4.69) is 20.3 Å². The third-order valence-corrected chi connectivity index (χ3v) is 5.75. The minimum Gasteiger partial charge on any atom is -0.451 e. The molecule has 1 saturated heterocycles. The van der Waals surface area contributed by atoms with E-state index >= 15 is 0 Å². The Morgan fingerprint density at radius 1 is 1.23 bits per heavy atom. The summed E-state index contributed by atoms with van der Waals surface area (Å²) in [4.78, 5) is 24.1. The van der Waals surface area contributed by atoms with E-state index in [1.54, 1.807) is 16.9 Å². The summed E-state index contributed by atoms with van der Waals surface area (Å²) in [6, 6.07) is 9.31. The highest BCUT2D eigenvalue weighted by molar-refractivity contribution is 7.98. The summed E-state index contributed by atoms with van der Waals surface area (Å²) in [5, 5.41) is 9.91. The fourth-order valence-electron chi connectivity index (χ4n) is 3.65. The van der Waals surface area contributed by atoms with E-state index in [1.807, 2.05) is 30.5 Å². The largest absolute Gasteiger partial charge is 0.451 e. The highest BCUT2D eigenvalue weighted by atomic mass is 32.2. The maximum atomic E-state index is 12.5. The molecule has 0 saturated carbocycles. The van der Waals surface area contributed by atoms with Crippen LogP contribution in [0.2, 0.25) is 0 Å². The number of aromatic nitrogens is 4. The predicted molar refractivity (Wildman–Crippen MR) is 119 cm³/mol. The second kappa shape index (κ2) is 8.56. The number of carbonyl (C=O) groups excluding carboxylic acids is 1. The van der Waals surface area contributed by atoms with Gasteiger partial charge in [-0.15, -0.1) is 0 Å². The molecular weight excluding hydrogens is 416 g/mol. The lowest BCUT2D eigenvalue weighted by Crippen LogP contribution is -2.37. The average Bonchev–Trinajstić information content (AvgIpc) is 3.43. The second-order valence-electron chi connectivity index (χ2n) is 7.14. The number of nitrogens with zero attached hydrogens (tertiary/aromatic N) is 5. The van der Waals surface area contributed by atoms with E-state index in [4.69, 9.17) is 14.1 Å². The third-order valence-electron chi connectivity index (χ3n) is 5.21. The Morgan fingerprint density at radius 3 is 2.87 bits per heavy atom. The number of amides is 1. The molecule has 1 amide bonds. The quantitative estimate of drug-likeness (QED) is 0.362. The summed E-state index contributed by atoms with van der Waals surface area (Å²) in [6.07, 6.45) is 3.75. The first kappa shape index (κ1) is 19.8. The van der Waals surface area contributed by atoms with Crippen LogP contribution in [0.4, 0.5) is 5.82 Å². The van der Waals surface area contributed by atoms with Crippen LogP contribution in [0.3, 0.4) is 0 Å². The number of carbonyl (C=O) groups is 1. The third kappa shape index (κ3) is 3.96. The zero-order valence-electron chi connectivity index (χ0n) is 17.1. The smallest absolute Gasteiger partial charge is 0.287 e. The molecule has 1 N–H and O–H groups in total. The Kier molecular flexibility index (Phi) is 5.47. The standard InChI is InChI=1S/C21H22N6O3S/c1-31-21-24-18(26-8-10-29-11-9-26)15-13-23-27(19(15)25-21)7-6-22-20(28)17-12-14-4-2-3-5-16(14)30-17/h2-5,12-13H,6-11H2,1H3,(H,22,28). The Hall–Kier alpha value is -3.11. The van der Waals surface area contributed by atoms with Gasteiger partial charge in [0.1, 0.15) is 11.4 Å². The van der Waals surface area contributed by atoms with E-state index < -0.39 is 0 Å². The predicted octanol–water partition coefficient (Wildman–Crippen LogP) is 2.56. The molecule has 1 aliphatic heterocycles. The van der Waals surface area contributed by atoms with Crippen molar-refractivity contribution in [1.82, 2.24) is 25.1 Å². The first-order valence-corrected chi connectivity index (χ1v) is 11.3. The van der Waals surface area contributed by atoms with Gasteiger partial charge in [0.25, 0.3) is 5.91 Å². The second-order valence-corrected chi connectivity index (χ2v) is 7.92. The average molecular weight is 439 g/mol. The number of nitrogens with one attached hydrogen (secondary N) is 1. The Labute approximate surface area is 182 Å². The molecule has 1 aromatic carbocycles. The SMILES string of the molecule is CSc1nc(N2CCOCC2)c2cnn(CCNC(=O)c3cc4ccccc4o3)c2n1. The lowest BCUT2D eigenvalue weighted by Gasteiger charge is -2.28. The van der Waals surface area contributed by atoms with Crippen LogP contribution in [-0.2, 0) is 11.3 Å². The zero-order valence-corrected chi connectivity index (χ0v) is 17.9. The number of anilines is 1. The normalized spacial score (nSPS) is 14.4. The minimum absolute atomic E-state index is 0.249. The number of rotatable bonds is 6. The number of hydrogen-bond acceptors (Lipinski definition) is 8. The van der Waals surface area contributed by atoms with Crippen molar-refractivity contribution in [3.05, 3.63) is 42.3 Å². The van der Waals surface area contributed by atoms with Crippen molar-refractivity contribution in [3.8, 4) is 0 Å². The Bertz CT molecular complexity index is 1200. The van der Waals surface area contributed by atoms with Gasteiger partial charge in [0, 0.05) is 25.0 Å². The summed E-state index contributed by atoms with van der Waals surface area (Å²) in [5.41, 5.74) is 1.46. The zero-order chi connectivity index (χ0) is 21.2. The van der Waals surface area contributed by atoms with Crippen LogP contribution in [-0.4, -0.2) is 64.8 Å². The molecule has 0 radical (unpaired) electrons. The van der Waals surface area contributed by atoms with Gasteiger partial charge in [-0.2, -0.15) is 5.10 Å². The van der Waals surface area contributed by atoms with E-state index in [1.165, 1.54) is 11.8 Å². The van der Waals surface area contributed by atoms with Crippen LogP contribution >= 0.6 is 11.8 Å². The Morgan fingerprint density at radius 2 is 2.06 bits per heavy atom. The molecule has 1 fully saturated rings. The number of hydrogen-bond donors (Lipinski definition) is 1. The van der Waals surface area contributed by atoms with Crippen LogP contribution < -0.4 is 10.2 Å². The van der Waals surface area contributed by atoms with Crippen LogP contribution in [0.1, 0.15) is 10.6 Å². The number of benzene rings is 1. The number of furan rings is 1. The number of thioether (sulfide) groups is 1. The van der Waals surface area contributed by atoms with E-state index in [-0.39, 0.29) is 5.91 Å². The van der Waals surface area contributed by atoms with Gasteiger partial charge in [-0.3, -0.25) is 4.79 Å². The number of para-hydroxylation sites is 1. The summed E-state index contributed by atoms with van der Waals surface area (Å²) >= 11 is 1.50. The summed E-state index contributed by atoms with van der Waals surface area (Å²) in [7, 11) is 0. The van der Waals surface area contributed by atoms with Crippen LogP contribution in [0, 0.1) is 0 Å². The molecule has 0 unspecified atom stereocenters. The van der Waals surface area contributed by atoms with Crippen LogP contribution in [0.5, 0.6) is 0 Å². The number of ether oxygens (including phenoxy) is 1. The molecule has 1 aliphatic rings. The van der Waals surface area contributed by atoms with Crippen LogP contribution in [0.25, 0.3) is 22.0 Å². The van der Waals surface area contributed by atoms with Gasteiger partial charge in [-0.1, -0.05) is 30.0 Å². The molecule has 5 rings (SSSR count). The molecule has 0 atom stereocenters. The van der Waals surface area contributed by atoms with E-state index in [9.17, 15) is 4.79 Å². The lowest BCUT2D eigenvalue weighted by atomic mass is 10.2. The summed E-state index contributed by atoms with van der Waals surface area (Å²) < 4.78 is 12.9. The highest BCUT2D eigenvalue weighted by Gasteiger charge is 2.20. The van der Waals surface area contributed by atoms with Crippen molar-refractivity contribution < 1.29 is 13.9 Å². The topological polar surface area (TPSA) is 98.3 Å². The molecule has 4 aromatic rings. The molecule has 0 spiro atoms. The summed E-state index contributed by atoms with van der Waals surface area (Å²) in [5.74, 6) is 0.935. The van der Waals surface area contributed by atoms with Gasteiger partial charge >= 0.3 is 0 Å². The van der Waals surface area contributed by atoms with E-state index in [0.717, 1.165) is 35.3 Å². The molecule has 0 aliphatic carbocycles. The van der Waals surface area contributed by atoms with Gasteiger partial charge < -0.3 is 19.4 Å². The molecule has 0 bridgehead atoms. The minimum atomic E-state index is -0.249. The lowest BCUT2D eigenvalue weighted by molar-refractivity contribution is 0.0926. The highest BCUT2D eigenvalue weighted by Crippen LogP contribution is 2.27. The maximum absolute atomic E-state index is 12.5. The number of fused-ring (bicyclic) bond motifs is 2. The van der Waals surface area contributed by atoms with Crippen molar-refractivity contribution in [2.24, 2.45) is 0 Å². The van der Waals surface area contributed by atoms with Crippen molar-refractivity contribution in [1.29, 1.82) is 0 Å². The first-order valence-electron chi connectivity index (χ1n) is 10.1. The van der Waals surface area contributed by atoms with Crippen molar-refractivity contribution in [2.75, 3.05) is 44.0 Å². The molecular formula is C21H22N6O3S. The molecule has 31 heavy (non-hydrogen) atoms. The van der Waals surface area contributed by atoms with Crippen molar-refractivity contribution in [3.63, 3.8) is 0 Å². The van der Waals surface area contributed by atoms with Gasteiger partial charge in [0.15, 0.2) is 16.6 Å². The fraction of sp³-hybridized carbons (Fsp3) is 0.333. The molecule has 10 heteroatoms. The van der Waals surface area contributed by atoms with Crippen molar-refractivity contribution >= 4 is 45.5 Å². The monoisotopic (exact) mass is 438 g/mol. The van der Waals surface area contributed by atoms with Gasteiger partial charge in [-0.05, 0) is 18.4 Å². The maximum Gasteiger partial charge on any atom is 0.287 e. The number of morpholine rings is 1. The van der Waals surface area contributed by atoms with Crippen molar-refractivity contribution in [2.45, 2.75) is 11.7 Å². The van der Waals surface area contributed by atoms with E-state index in [0.29, 0.717) is 42.8 Å². The summed E-state index contributed by atoms with van der Waals surface area (Å²) in [6.45, 7) is 3.84. The molecule has 3 aromatic heterocycles. The van der Waals surface area contributed by atoms with Crippen LogP contribution in [0.15, 0.2) is 46.1 Å². The molecule has 160 valence electrons. The first-order chi connectivity index (χ1) is 15.2. The van der Waals surface area contributed by atoms with Gasteiger partial charge in [-0.25, -0.2) is 14.6 Å².